The van der Waals surface area contributed by atoms with Gasteiger partial charge in [0.15, 0.2) is 5.66 Å². The van der Waals surface area contributed by atoms with Crippen LogP contribution in [0.1, 0.15) is 40.7 Å². The van der Waals surface area contributed by atoms with E-state index in [9.17, 15) is 24.3 Å². The second kappa shape index (κ2) is 11.0. The van der Waals surface area contributed by atoms with Gasteiger partial charge in [-0.25, -0.2) is 9.79 Å². The Morgan fingerprint density at radius 2 is 1.93 bits per heavy atom. The fourth-order valence-electron chi connectivity index (χ4n) is 6.75. The van der Waals surface area contributed by atoms with Gasteiger partial charge in [-0.2, -0.15) is 0 Å². The lowest BCUT2D eigenvalue weighted by Gasteiger charge is -2.47. The molecule has 16 heteroatoms. The molecule has 1 aromatic carbocycles. The second-order valence-corrected chi connectivity index (χ2v) is 13.7. The number of likely N-dealkylation sites (tertiary alicyclic amines) is 1. The van der Waals surface area contributed by atoms with E-state index in [4.69, 9.17) is 39.5 Å². The van der Waals surface area contributed by atoms with Gasteiger partial charge in [-0.05, 0) is 36.5 Å². The topological polar surface area (TPSA) is 165 Å². The average molecular weight is 655 g/mol. The van der Waals surface area contributed by atoms with Crippen molar-refractivity contribution in [1.29, 1.82) is 0 Å². The van der Waals surface area contributed by atoms with Gasteiger partial charge in [-0.1, -0.05) is 53.5 Å². The van der Waals surface area contributed by atoms with E-state index in [2.05, 4.69) is 32.8 Å². The minimum absolute atomic E-state index is 0.0260. The third kappa shape index (κ3) is 5.36. The molecule has 5 N–H and O–H groups in total. The molecular formula is C27H30Cl3N7O6. The van der Waals surface area contributed by atoms with Gasteiger partial charge < -0.3 is 30.7 Å². The van der Waals surface area contributed by atoms with Crippen molar-refractivity contribution >= 4 is 64.6 Å². The van der Waals surface area contributed by atoms with Crippen molar-refractivity contribution in [3.63, 3.8) is 0 Å². The van der Waals surface area contributed by atoms with Crippen molar-refractivity contribution in [1.82, 2.24) is 31.1 Å². The molecule has 1 spiro atoms. The number of guanidine groups is 1. The molecule has 3 saturated heterocycles. The number of aliphatic imine (C=N–C) groups is 1. The largest absolute Gasteiger partial charge is 0.445 e. The van der Waals surface area contributed by atoms with E-state index in [1.54, 1.807) is 11.0 Å². The summed E-state index contributed by atoms with van der Waals surface area (Å²) >= 11 is 17.2. The van der Waals surface area contributed by atoms with Gasteiger partial charge >= 0.3 is 6.09 Å². The van der Waals surface area contributed by atoms with E-state index in [0.717, 1.165) is 35.3 Å². The Morgan fingerprint density at radius 1 is 1.19 bits per heavy atom. The van der Waals surface area contributed by atoms with Crippen LogP contribution in [0.5, 0.6) is 0 Å². The van der Waals surface area contributed by atoms with Crippen LogP contribution in [-0.4, -0.2) is 98.1 Å². The average Bonchev–Trinajstić information content (AvgIpc) is 3.70. The molecule has 4 aliphatic heterocycles. The summed E-state index contributed by atoms with van der Waals surface area (Å²) in [5, 5.41) is 23.8. The highest BCUT2D eigenvalue weighted by molar-refractivity contribution is 6.67. The molecule has 230 valence electrons. The zero-order valence-corrected chi connectivity index (χ0v) is 25.1. The summed E-state index contributed by atoms with van der Waals surface area (Å²) in [6, 6.07) is 3.24. The molecule has 4 heterocycles. The molecule has 5 atom stereocenters. The second-order valence-electron chi connectivity index (χ2n) is 11.2. The SMILES string of the molecule is C=C1N[C@H]2[C@H](CN3C(=O)CCC3=O)N=C(NC(=O)OCC(Cl)(Cl)Cl)N3C[C@H](NC(=O)c4cccc5c4CCC5)[C@H](O)[C@]23N1. The highest BCUT2D eigenvalue weighted by Crippen LogP contribution is 2.40. The first-order valence-electron chi connectivity index (χ1n) is 13.9. The Kier molecular flexibility index (Phi) is 7.64. The van der Waals surface area contributed by atoms with Crippen molar-refractivity contribution in [3.05, 3.63) is 47.3 Å². The summed E-state index contributed by atoms with van der Waals surface area (Å²) in [5.74, 6) is -0.703. The molecule has 5 aliphatic rings. The molecule has 0 radical (unpaired) electrons. The number of benzene rings is 1. The molecule has 0 unspecified atom stereocenters. The predicted octanol–water partition coefficient (Wildman–Crippen LogP) is 0.663. The lowest BCUT2D eigenvalue weighted by atomic mass is 9.87. The number of carbonyl (C=O) groups excluding carboxylic acids is 4. The minimum Gasteiger partial charge on any atom is -0.445 e. The van der Waals surface area contributed by atoms with Gasteiger partial charge in [-0.15, -0.1) is 0 Å². The van der Waals surface area contributed by atoms with Crippen LogP contribution >= 0.6 is 34.8 Å². The lowest BCUT2D eigenvalue weighted by molar-refractivity contribution is -0.139. The van der Waals surface area contributed by atoms with Crippen molar-refractivity contribution in [2.24, 2.45) is 4.99 Å². The number of imide groups is 1. The molecule has 43 heavy (non-hydrogen) atoms. The van der Waals surface area contributed by atoms with Gasteiger partial charge in [0.05, 0.1) is 30.5 Å². The fourth-order valence-corrected chi connectivity index (χ4v) is 6.91. The number of alkyl halides is 3. The molecule has 1 aliphatic carbocycles. The van der Waals surface area contributed by atoms with Crippen molar-refractivity contribution < 1.29 is 29.0 Å². The molecule has 13 nitrogen and oxygen atoms in total. The number of hydrogen-bond donors (Lipinski definition) is 5. The maximum Gasteiger partial charge on any atom is 0.414 e. The summed E-state index contributed by atoms with van der Waals surface area (Å²) in [4.78, 5) is 58.7. The van der Waals surface area contributed by atoms with E-state index in [1.807, 2.05) is 12.1 Å². The number of alkyl carbamates (subject to hydrolysis) is 1. The number of amides is 4. The Hall–Kier alpha value is -3.26. The first-order chi connectivity index (χ1) is 20.4. The van der Waals surface area contributed by atoms with Gasteiger partial charge in [0.1, 0.15) is 12.7 Å². The van der Waals surface area contributed by atoms with E-state index in [0.29, 0.717) is 11.4 Å². The van der Waals surface area contributed by atoms with Crippen molar-refractivity contribution in [2.45, 2.75) is 65.8 Å². The summed E-state index contributed by atoms with van der Waals surface area (Å²) in [5.41, 5.74) is 1.30. The normalized spacial score (nSPS) is 29.4. The number of nitrogens with one attached hydrogen (secondary N) is 4. The van der Waals surface area contributed by atoms with Gasteiger partial charge in [0.25, 0.3) is 5.91 Å². The number of ether oxygens (including phenoxy) is 1. The van der Waals surface area contributed by atoms with E-state index >= 15 is 0 Å². The molecule has 3 fully saturated rings. The Labute approximate surface area is 261 Å². The quantitative estimate of drug-likeness (QED) is 0.227. The third-order valence-corrected chi connectivity index (χ3v) is 8.88. The van der Waals surface area contributed by atoms with Crippen LogP contribution < -0.4 is 21.3 Å². The van der Waals surface area contributed by atoms with Crippen LogP contribution in [0, 0.1) is 0 Å². The van der Waals surface area contributed by atoms with Crippen LogP contribution in [0.25, 0.3) is 0 Å². The highest BCUT2D eigenvalue weighted by atomic mass is 35.6. The van der Waals surface area contributed by atoms with Crippen molar-refractivity contribution in [2.75, 3.05) is 19.7 Å². The summed E-state index contributed by atoms with van der Waals surface area (Å²) in [7, 11) is 0. The smallest absolute Gasteiger partial charge is 0.414 e. The van der Waals surface area contributed by atoms with Gasteiger partial charge in [0, 0.05) is 24.9 Å². The number of aliphatic hydroxyl groups excluding tert-OH is 1. The van der Waals surface area contributed by atoms with Crippen LogP contribution in [0.4, 0.5) is 4.79 Å². The zero-order valence-electron chi connectivity index (χ0n) is 22.9. The molecule has 1 aromatic rings. The number of carbonyl (C=O) groups is 4. The molecule has 4 amide bonds. The summed E-state index contributed by atoms with van der Waals surface area (Å²) in [6.07, 6.45) is 0.586. The predicted molar refractivity (Wildman–Crippen MR) is 156 cm³/mol. The zero-order chi connectivity index (χ0) is 30.7. The van der Waals surface area contributed by atoms with E-state index < -0.39 is 46.4 Å². The molecule has 0 saturated carbocycles. The molecule has 0 aromatic heterocycles. The Balaban J connectivity index is 1.32. The number of nitrogens with zero attached hydrogens (tertiary/aromatic N) is 3. The lowest BCUT2D eigenvalue weighted by Crippen LogP contribution is -2.74. The van der Waals surface area contributed by atoms with E-state index in [-0.39, 0.29) is 49.6 Å². The number of aryl methyl sites for hydroxylation is 1. The van der Waals surface area contributed by atoms with Crippen LogP contribution in [0.3, 0.4) is 0 Å². The third-order valence-electron chi connectivity index (χ3n) is 8.55. The minimum atomic E-state index is -1.86. The van der Waals surface area contributed by atoms with Gasteiger partial charge in [0.2, 0.25) is 21.6 Å². The molecular weight excluding hydrogens is 625 g/mol. The maximum absolute atomic E-state index is 13.5. The van der Waals surface area contributed by atoms with Gasteiger partial charge in [-0.3, -0.25) is 24.6 Å². The number of fused-ring (bicyclic) bond motifs is 1. The highest BCUT2D eigenvalue weighted by Gasteiger charge is 2.66. The monoisotopic (exact) mass is 653 g/mol. The molecule has 6 rings (SSSR count). The fraction of sp³-hybridized carbons (Fsp3) is 0.519. The number of hydrogen-bond acceptors (Lipinski definition) is 10. The van der Waals surface area contributed by atoms with E-state index in [1.165, 1.54) is 0 Å². The van der Waals surface area contributed by atoms with Crippen LogP contribution in [-0.2, 0) is 27.2 Å². The summed E-state index contributed by atoms with van der Waals surface area (Å²) in [6.45, 7) is 3.34. The summed E-state index contributed by atoms with van der Waals surface area (Å²) < 4.78 is 3.19. The molecule has 0 bridgehead atoms. The van der Waals surface area contributed by atoms with Crippen LogP contribution in [0.15, 0.2) is 35.6 Å². The Morgan fingerprint density at radius 3 is 2.65 bits per heavy atom. The first-order valence-corrected chi connectivity index (χ1v) is 15.0. The first kappa shape index (κ1) is 29.8. The maximum atomic E-state index is 13.5. The number of halogens is 3. The number of aliphatic hydroxyl groups is 1. The van der Waals surface area contributed by atoms with Crippen LogP contribution in [0.2, 0.25) is 0 Å². The number of rotatable bonds is 5. The standard InChI is InChI=1S/C27H30Cl3N7O6/c1-13-31-21-17(10-36-19(38)8-9-20(36)39)33-24(34-25(42)43-12-26(28,29)30)37-11-18(22(40)27(21,37)35-13)32-23(41)16-7-3-5-14-4-2-6-15(14)16/h3,5,7,17-18,21-22,31,35,40H,1-2,4,6,8-12H2,(H,32,41)(H,33,34,42)/t17-,18-,21-,22-,27-/m0/s1. The Bertz CT molecular complexity index is 1420. The van der Waals surface area contributed by atoms with Crippen molar-refractivity contribution in [3.8, 4) is 0 Å².